The van der Waals surface area contributed by atoms with E-state index in [1.54, 1.807) is 7.11 Å². The second-order valence-corrected chi connectivity index (χ2v) is 6.26. The molecule has 4 heteroatoms. The minimum absolute atomic E-state index is 0.0145. The predicted octanol–water partition coefficient (Wildman–Crippen LogP) is 4.60. The summed E-state index contributed by atoms with van der Waals surface area (Å²) in [6.07, 6.45) is 3.85. The molecule has 2 N–H and O–H groups in total. The normalized spacial score (nSPS) is 16.0. The van der Waals surface area contributed by atoms with Gasteiger partial charge in [-0.3, -0.25) is 0 Å². The third-order valence-electron chi connectivity index (χ3n) is 4.70. The van der Waals surface area contributed by atoms with E-state index < -0.39 is 0 Å². The summed E-state index contributed by atoms with van der Waals surface area (Å²) in [7, 11) is 3.22. The molecule has 0 aliphatic heterocycles. The third kappa shape index (κ3) is 4.90. The Kier molecular flexibility index (Phi) is 7.43. The molecule has 0 aromatic heterocycles. The SMILES string of the molecule is CCC(C)C(C)C(C/C(C)=C\c1c(O)ccc(O)c1OC)OC. The molecule has 1 aromatic carbocycles. The molecule has 0 heterocycles. The van der Waals surface area contributed by atoms with Gasteiger partial charge in [0.1, 0.15) is 5.75 Å². The van der Waals surface area contributed by atoms with Crippen LogP contribution in [0, 0.1) is 11.8 Å². The van der Waals surface area contributed by atoms with E-state index in [-0.39, 0.29) is 23.4 Å². The van der Waals surface area contributed by atoms with Crippen LogP contribution in [0.1, 0.15) is 46.1 Å². The summed E-state index contributed by atoms with van der Waals surface area (Å²) >= 11 is 0. The maximum Gasteiger partial charge on any atom is 0.171 e. The van der Waals surface area contributed by atoms with Gasteiger partial charge in [-0.1, -0.05) is 32.8 Å². The van der Waals surface area contributed by atoms with Crippen molar-refractivity contribution >= 4 is 6.08 Å². The average Bonchev–Trinajstić information content (AvgIpc) is 2.54. The number of aromatic hydroxyl groups is 2. The number of hydrogen-bond donors (Lipinski definition) is 2. The Balaban J connectivity index is 3.03. The zero-order chi connectivity index (χ0) is 17.6. The molecule has 0 saturated carbocycles. The highest BCUT2D eigenvalue weighted by Crippen LogP contribution is 2.38. The summed E-state index contributed by atoms with van der Waals surface area (Å²) in [4.78, 5) is 0. The van der Waals surface area contributed by atoms with Crippen molar-refractivity contribution in [2.75, 3.05) is 14.2 Å². The molecule has 0 radical (unpaired) electrons. The topological polar surface area (TPSA) is 58.9 Å². The lowest BCUT2D eigenvalue weighted by Crippen LogP contribution is -2.26. The predicted molar refractivity (Wildman–Crippen MR) is 94.0 cm³/mol. The van der Waals surface area contributed by atoms with Gasteiger partial charge in [-0.15, -0.1) is 0 Å². The van der Waals surface area contributed by atoms with Crippen molar-refractivity contribution in [2.24, 2.45) is 11.8 Å². The molecule has 3 atom stereocenters. The van der Waals surface area contributed by atoms with Crippen LogP contribution >= 0.6 is 0 Å². The van der Waals surface area contributed by atoms with Gasteiger partial charge in [0.15, 0.2) is 11.5 Å². The number of phenols is 2. The van der Waals surface area contributed by atoms with E-state index >= 15 is 0 Å². The van der Waals surface area contributed by atoms with Crippen LogP contribution in [0.5, 0.6) is 17.2 Å². The van der Waals surface area contributed by atoms with E-state index in [1.807, 2.05) is 13.0 Å². The summed E-state index contributed by atoms with van der Waals surface area (Å²) in [6.45, 7) is 8.63. The standard InChI is InChI=1S/C19H30O4/c1-7-13(3)14(4)18(22-5)11-12(2)10-15-16(20)8-9-17(21)19(15)23-6/h8-10,13-14,18,20-21H,7,11H2,1-6H3/b12-10-. The second kappa shape index (κ2) is 8.82. The molecule has 23 heavy (non-hydrogen) atoms. The summed E-state index contributed by atoms with van der Waals surface area (Å²) in [5.74, 6) is 1.40. The van der Waals surface area contributed by atoms with Crippen molar-refractivity contribution in [1.82, 2.24) is 0 Å². The van der Waals surface area contributed by atoms with Crippen molar-refractivity contribution in [3.05, 3.63) is 23.3 Å². The lowest BCUT2D eigenvalue weighted by Gasteiger charge is -2.27. The maximum atomic E-state index is 10.1. The molecule has 0 amide bonds. The zero-order valence-corrected chi connectivity index (χ0v) is 15.1. The van der Waals surface area contributed by atoms with Gasteiger partial charge in [0.2, 0.25) is 0 Å². The van der Waals surface area contributed by atoms with Crippen molar-refractivity contribution in [3.63, 3.8) is 0 Å². The molecule has 0 spiro atoms. The van der Waals surface area contributed by atoms with Crippen LogP contribution < -0.4 is 4.74 Å². The number of phenolic OH excluding ortho intramolecular Hbond substituents is 2. The molecule has 3 unspecified atom stereocenters. The molecule has 0 aliphatic carbocycles. The van der Waals surface area contributed by atoms with E-state index in [0.29, 0.717) is 17.4 Å². The van der Waals surface area contributed by atoms with Gasteiger partial charge in [-0.05, 0) is 43.4 Å². The monoisotopic (exact) mass is 322 g/mol. The quantitative estimate of drug-likeness (QED) is 0.687. The first-order valence-electron chi connectivity index (χ1n) is 8.14. The van der Waals surface area contributed by atoms with Crippen molar-refractivity contribution < 1.29 is 19.7 Å². The maximum absolute atomic E-state index is 10.1. The first-order chi connectivity index (χ1) is 10.8. The van der Waals surface area contributed by atoms with Gasteiger partial charge in [0.25, 0.3) is 0 Å². The fourth-order valence-electron chi connectivity index (χ4n) is 2.78. The van der Waals surface area contributed by atoms with Crippen LogP contribution in [0.3, 0.4) is 0 Å². The third-order valence-corrected chi connectivity index (χ3v) is 4.70. The smallest absolute Gasteiger partial charge is 0.171 e. The van der Waals surface area contributed by atoms with E-state index in [4.69, 9.17) is 9.47 Å². The van der Waals surface area contributed by atoms with Crippen LogP contribution in [0.2, 0.25) is 0 Å². The Morgan fingerprint density at radius 2 is 1.78 bits per heavy atom. The first kappa shape index (κ1) is 19.4. The number of benzene rings is 1. The zero-order valence-electron chi connectivity index (χ0n) is 15.1. The minimum Gasteiger partial charge on any atom is -0.507 e. The fraction of sp³-hybridized carbons (Fsp3) is 0.579. The van der Waals surface area contributed by atoms with Crippen LogP contribution in [-0.4, -0.2) is 30.5 Å². The van der Waals surface area contributed by atoms with Gasteiger partial charge < -0.3 is 19.7 Å². The Morgan fingerprint density at radius 3 is 2.30 bits per heavy atom. The van der Waals surface area contributed by atoms with Gasteiger partial charge in [0, 0.05) is 7.11 Å². The van der Waals surface area contributed by atoms with E-state index in [1.165, 1.54) is 19.2 Å². The van der Waals surface area contributed by atoms with Gasteiger partial charge in [0.05, 0.1) is 18.8 Å². The van der Waals surface area contributed by atoms with Gasteiger partial charge in [-0.25, -0.2) is 0 Å². The Hall–Kier alpha value is -1.68. The highest BCUT2D eigenvalue weighted by atomic mass is 16.5. The molecule has 1 aromatic rings. The molecule has 130 valence electrons. The first-order valence-corrected chi connectivity index (χ1v) is 8.14. The van der Waals surface area contributed by atoms with Crippen molar-refractivity contribution in [1.29, 1.82) is 0 Å². The van der Waals surface area contributed by atoms with E-state index in [2.05, 4.69) is 20.8 Å². The van der Waals surface area contributed by atoms with Crippen LogP contribution in [-0.2, 0) is 4.74 Å². The number of hydrogen-bond acceptors (Lipinski definition) is 4. The summed E-state index contributed by atoms with van der Waals surface area (Å²) < 4.78 is 10.9. The Bertz CT molecular complexity index is 536. The summed E-state index contributed by atoms with van der Waals surface area (Å²) in [6, 6.07) is 2.89. The Morgan fingerprint density at radius 1 is 1.17 bits per heavy atom. The van der Waals surface area contributed by atoms with E-state index in [9.17, 15) is 10.2 Å². The number of rotatable bonds is 8. The molecule has 0 fully saturated rings. The van der Waals surface area contributed by atoms with Gasteiger partial charge in [-0.2, -0.15) is 0 Å². The van der Waals surface area contributed by atoms with Crippen molar-refractivity contribution in [3.8, 4) is 17.2 Å². The Labute approximate surface area is 139 Å². The second-order valence-electron chi connectivity index (χ2n) is 6.26. The van der Waals surface area contributed by atoms with Gasteiger partial charge >= 0.3 is 0 Å². The lowest BCUT2D eigenvalue weighted by molar-refractivity contribution is 0.0377. The molecular weight excluding hydrogens is 292 g/mol. The molecule has 0 aliphatic rings. The number of methoxy groups -OCH3 is 2. The number of ether oxygens (including phenoxy) is 2. The highest BCUT2D eigenvalue weighted by Gasteiger charge is 2.22. The summed E-state index contributed by atoms with van der Waals surface area (Å²) in [5, 5.41) is 19.9. The average molecular weight is 322 g/mol. The highest BCUT2D eigenvalue weighted by molar-refractivity contribution is 5.69. The van der Waals surface area contributed by atoms with Crippen molar-refractivity contribution in [2.45, 2.75) is 46.6 Å². The largest absolute Gasteiger partial charge is 0.507 e. The molecule has 0 bridgehead atoms. The lowest BCUT2D eigenvalue weighted by atomic mass is 9.85. The fourth-order valence-corrected chi connectivity index (χ4v) is 2.78. The van der Waals surface area contributed by atoms with Crippen LogP contribution in [0.25, 0.3) is 6.08 Å². The molecular formula is C19H30O4. The molecule has 4 nitrogen and oxygen atoms in total. The molecule has 0 saturated heterocycles. The molecule has 1 rings (SSSR count). The van der Waals surface area contributed by atoms with E-state index in [0.717, 1.165) is 18.4 Å². The van der Waals surface area contributed by atoms with Crippen LogP contribution in [0.4, 0.5) is 0 Å². The van der Waals surface area contributed by atoms with Crippen LogP contribution in [0.15, 0.2) is 17.7 Å². The minimum atomic E-state index is 0.0145. The summed E-state index contributed by atoms with van der Waals surface area (Å²) in [5.41, 5.74) is 1.56.